The monoisotopic (exact) mass is 262 g/mol. The second-order valence-electron chi connectivity index (χ2n) is 3.53. The van der Waals surface area contributed by atoms with Crippen LogP contribution in [0.5, 0.6) is 0 Å². The molecule has 0 aliphatic heterocycles. The lowest BCUT2D eigenvalue weighted by Gasteiger charge is -2.01. The summed E-state index contributed by atoms with van der Waals surface area (Å²) in [6.07, 6.45) is 2.52. The Morgan fingerprint density at radius 1 is 1.27 bits per heavy atom. The number of benzene rings is 1. The Hall–Kier alpha value is -1.22. The van der Waals surface area contributed by atoms with Crippen molar-refractivity contribution in [2.24, 2.45) is 0 Å². The molecule has 0 N–H and O–H groups in total. The van der Waals surface area contributed by atoms with Crippen molar-refractivity contribution < 1.29 is 0 Å². The van der Waals surface area contributed by atoms with Gasteiger partial charge in [0, 0.05) is 10.9 Å². The van der Waals surface area contributed by atoms with E-state index in [2.05, 4.69) is 57.3 Å². The molecule has 1 aromatic heterocycles. The van der Waals surface area contributed by atoms with Crippen molar-refractivity contribution in [1.29, 1.82) is 0 Å². The van der Waals surface area contributed by atoms with Gasteiger partial charge in [0.25, 0.3) is 0 Å². The summed E-state index contributed by atoms with van der Waals surface area (Å²) in [5.74, 6) is 0. The summed E-state index contributed by atoms with van der Waals surface area (Å²) in [6, 6.07) is 10.4. The van der Waals surface area contributed by atoms with Gasteiger partial charge >= 0.3 is 0 Å². The van der Waals surface area contributed by atoms with Gasteiger partial charge in [0.05, 0.1) is 11.9 Å². The molecule has 2 nitrogen and oxygen atoms in total. The van der Waals surface area contributed by atoms with Crippen molar-refractivity contribution in [1.82, 2.24) is 10.2 Å². The molecule has 0 saturated heterocycles. The van der Waals surface area contributed by atoms with Crippen LogP contribution in [0.1, 0.15) is 16.8 Å². The van der Waals surface area contributed by atoms with Crippen LogP contribution in [0.4, 0.5) is 0 Å². The maximum Gasteiger partial charge on any atom is 0.0686 e. The largest absolute Gasteiger partial charge is 0.158 e. The third kappa shape index (κ3) is 2.86. The zero-order chi connectivity index (χ0) is 10.7. The Morgan fingerprint density at radius 2 is 2.13 bits per heavy atom. The van der Waals surface area contributed by atoms with Gasteiger partial charge in [-0.3, -0.25) is 0 Å². The molecule has 0 saturated carbocycles. The molecule has 0 aliphatic carbocycles. The van der Waals surface area contributed by atoms with E-state index >= 15 is 0 Å². The Bertz CT molecular complexity index is 425. The molecule has 15 heavy (non-hydrogen) atoms. The minimum atomic E-state index is 0.827. The number of aryl methyl sites for hydroxylation is 1. The van der Waals surface area contributed by atoms with Gasteiger partial charge in [0.1, 0.15) is 0 Å². The predicted molar refractivity (Wildman–Crippen MR) is 63.7 cm³/mol. The number of nitrogens with zero attached hydrogens (tertiary/aromatic N) is 2. The fraction of sp³-hybridized carbons (Fsp3) is 0.167. The predicted octanol–water partition coefficient (Wildman–Crippen LogP) is 3.14. The van der Waals surface area contributed by atoms with Crippen molar-refractivity contribution in [3.63, 3.8) is 0 Å². The average Bonchev–Trinajstić information content (AvgIpc) is 2.17. The lowest BCUT2D eigenvalue weighted by atomic mass is 10.1. The van der Waals surface area contributed by atoms with Gasteiger partial charge < -0.3 is 0 Å². The minimum absolute atomic E-state index is 0.827. The maximum atomic E-state index is 4.08. The minimum Gasteiger partial charge on any atom is -0.158 e. The van der Waals surface area contributed by atoms with Crippen LogP contribution >= 0.6 is 15.9 Å². The van der Waals surface area contributed by atoms with Gasteiger partial charge in [-0.25, -0.2) is 0 Å². The third-order valence-corrected chi connectivity index (χ3v) is 2.57. The molecule has 1 aromatic carbocycles. The van der Waals surface area contributed by atoms with Gasteiger partial charge in [0.2, 0.25) is 0 Å². The lowest BCUT2D eigenvalue weighted by molar-refractivity contribution is 0.930. The summed E-state index contributed by atoms with van der Waals surface area (Å²) in [7, 11) is 0. The third-order valence-electron chi connectivity index (χ3n) is 2.14. The second-order valence-corrected chi connectivity index (χ2v) is 4.45. The van der Waals surface area contributed by atoms with Gasteiger partial charge in [-0.1, -0.05) is 29.8 Å². The molecule has 2 aromatic rings. The van der Waals surface area contributed by atoms with E-state index < -0.39 is 0 Å². The Balaban J connectivity index is 2.22. The Morgan fingerprint density at radius 3 is 2.87 bits per heavy atom. The Kier molecular flexibility index (Phi) is 3.11. The Labute approximate surface area is 97.5 Å². The van der Waals surface area contributed by atoms with E-state index in [9.17, 15) is 0 Å². The van der Waals surface area contributed by atoms with Crippen molar-refractivity contribution in [3.05, 3.63) is 57.8 Å². The molecule has 0 atom stereocenters. The zero-order valence-electron chi connectivity index (χ0n) is 8.44. The number of hydrogen-bond acceptors (Lipinski definition) is 2. The molecule has 76 valence electrons. The molecule has 0 bridgehead atoms. The first-order chi connectivity index (χ1) is 7.24. The molecular weight excluding hydrogens is 252 g/mol. The van der Waals surface area contributed by atoms with Gasteiger partial charge in [-0.15, -0.1) is 0 Å². The van der Waals surface area contributed by atoms with Crippen LogP contribution in [0.15, 0.2) is 41.0 Å². The van der Waals surface area contributed by atoms with E-state index in [-0.39, 0.29) is 0 Å². The first-order valence-corrected chi connectivity index (χ1v) is 5.56. The first kappa shape index (κ1) is 10.3. The van der Waals surface area contributed by atoms with Crippen LogP contribution in [0.25, 0.3) is 0 Å². The zero-order valence-corrected chi connectivity index (χ0v) is 10.0. The molecule has 0 fully saturated rings. The highest BCUT2D eigenvalue weighted by atomic mass is 79.9. The SMILES string of the molecule is Cc1cccc(Cc2cc(Br)cnn2)c1. The number of halogens is 1. The van der Waals surface area contributed by atoms with E-state index in [0.717, 1.165) is 16.6 Å². The van der Waals surface area contributed by atoms with E-state index in [1.165, 1.54) is 11.1 Å². The highest BCUT2D eigenvalue weighted by Gasteiger charge is 1.99. The molecule has 1 heterocycles. The second kappa shape index (κ2) is 4.53. The van der Waals surface area contributed by atoms with Crippen molar-refractivity contribution >= 4 is 15.9 Å². The highest BCUT2D eigenvalue weighted by Crippen LogP contribution is 2.12. The van der Waals surface area contributed by atoms with Crippen LogP contribution in [0, 0.1) is 6.92 Å². The summed E-state index contributed by atoms with van der Waals surface area (Å²) in [5, 5.41) is 7.99. The van der Waals surface area contributed by atoms with Crippen LogP contribution in [0.3, 0.4) is 0 Å². The normalized spacial score (nSPS) is 10.3. The molecule has 2 rings (SSSR count). The van der Waals surface area contributed by atoms with Crippen molar-refractivity contribution in [2.75, 3.05) is 0 Å². The van der Waals surface area contributed by atoms with Crippen LogP contribution < -0.4 is 0 Å². The molecule has 3 heteroatoms. The highest BCUT2D eigenvalue weighted by molar-refractivity contribution is 9.10. The molecule has 0 aliphatic rings. The summed E-state index contributed by atoms with van der Waals surface area (Å²) in [6.45, 7) is 2.09. The average molecular weight is 263 g/mol. The summed E-state index contributed by atoms with van der Waals surface area (Å²) < 4.78 is 0.972. The van der Waals surface area contributed by atoms with Gasteiger partial charge in [-0.05, 0) is 34.5 Å². The molecular formula is C12H11BrN2. The topological polar surface area (TPSA) is 25.8 Å². The maximum absolute atomic E-state index is 4.08. The fourth-order valence-corrected chi connectivity index (χ4v) is 1.86. The van der Waals surface area contributed by atoms with E-state index in [1.807, 2.05) is 6.07 Å². The standard InChI is InChI=1S/C12H11BrN2/c1-9-3-2-4-10(5-9)6-12-7-11(13)8-14-15-12/h2-5,7-8H,6H2,1H3. The van der Waals surface area contributed by atoms with Crippen molar-refractivity contribution in [2.45, 2.75) is 13.3 Å². The summed E-state index contributed by atoms with van der Waals surface area (Å²) in [5.41, 5.74) is 3.52. The van der Waals surface area contributed by atoms with Crippen LogP contribution in [0.2, 0.25) is 0 Å². The van der Waals surface area contributed by atoms with Crippen molar-refractivity contribution in [3.8, 4) is 0 Å². The van der Waals surface area contributed by atoms with E-state index in [4.69, 9.17) is 0 Å². The summed E-state index contributed by atoms with van der Waals surface area (Å²) in [4.78, 5) is 0. The number of hydrogen-bond donors (Lipinski definition) is 0. The number of rotatable bonds is 2. The smallest absolute Gasteiger partial charge is 0.0686 e. The molecule has 0 unspecified atom stereocenters. The summed E-state index contributed by atoms with van der Waals surface area (Å²) >= 11 is 3.39. The van der Waals surface area contributed by atoms with Gasteiger partial charge in [0.15, 0.2) is 0 Å². The molecule has 0 spiro atoms. The molecule has 0 radical (unpaired) electrons. The van der Waals surface area contributed by atoms with E-state index in [1.54, 1.807) is 6.20 Å². The molecule has 0 amide bonds. The fourth-order valence-electron chi connectivity index (χ4n) is 1.50. The number of aromatic nitrogens is 2. The van der Waals surface area contributed by atoms with Crippen LogP contribution in [-0.2, 0) is 6.42 Å². The quantitative estimate of drug-likeness (QED) is 0.831. The lowest BCUT2D eigenvalue weighted by Crippen LogP contribution is -1.94. The van der Waals surface area contributed by atoms with Gasteiger partial charge in [-0.2, -0.15) is 10.2 Å². The van der Waals surface area contributed by atoms with Crippen LogP contribution in [-0.4, -0.2) is 10.2 Å². The first-order valence-electron chi connectivity index (χ1n) is 4.77. The van der Waals surface area contributed by atoms with E-state index in [0.29, 0.717) is 0 Å².